The number of aromatic nitrogens is 2. The van der Waals surface area contributed by atoms with Gasteiger partial charge in [0.25, 0.3) is 0 Å². The molecule has 1 fully saturated rings. The zero-order valence-electron chi connectivity index (χ0n) is 15.6. The highest BCUT2D eigenvalue weighted by molar-refractivity contribution is 6.32. The van der Waals surface area contributed by atoms with Gasteiger partial charge >= 0.3 is 0 Å². The van der Waals surface area contributed by atoms with Crippen LogP contribution in [-0.4, -0.2) is 29.3 Å². The summed E-state index contributed by atoms with van der Waals surface area (Å²) < 4.78 is 16.2. The zero-order chi connectivity index (χ0) is 19.5. The third kappa shape index (κ3) is 4.48. The van der Waals surface area contributed by atoms with Crippen molar-refractivity contribution in [3.05, 3.63) is 46.4 Å². The number of aryl methyl sites for hydroxylation is 1. The number of H-pyrrole nitrogens is 1. The Kier molecular flexibility index (Phi) is 5.54. The number of ether oxygens (including phenoxy) is 2. The predicted octanol–water partition coefficient (Wildman–Crippen LogP) is 3.74. The molecule has 0 aliphatic carbocycles. The SMILES string of the molecule is Cc1cc(COc2cc3[nH]c(CNC(=O)C[C@@H]4CCOC4)cc3cc2Cl)on1. The Labute approximate surface area is 167 Å². The molecule has 28 heavy (non-hydrogen) atoms. The maximum atomic E-state index is 12.1. The first-order valence-electron chi connectivity index (χ1n) is 9.27. The van der Waals surface area contributed by atoms with Crippen LogP contribution in [0.3, 0.4) is 0 Å². The summed E-state index contributed by atoms with van der Waals surface area (Å²) in [7, 11) is 0. The summed E-state index contributed by atoms with van der Waals surface area (Å²) in [6.07, 6.45) is 1.46. The molecule has 1 aliphatic rings. The number of hydrogen-bond acceptors (Lipinski definition) is 5. The number of hydrogen-bond donors (Lipinski definition) is 2. The van der Waals surface area contributed by atoms with Gasteiger partial charge in [0.1, 0.15) is 12.4 Å². The quantitative estimate of drug-likeness (QED) is 0.627. The standard InChI is InChI=1S/C20H22ClN3O4/c1-12-4-16(28-24-12)11-27-19-8-18-14(7-17(19)21)6-15(23-18)9-22-20(25)5-13-2-3-26-10-13/h4,6-8,13,23H,2-3,5,9-11H2,1H3,(H,22,25)/t13-/m0/s1. The van der Waals surface area contributed by atoms with E-state index in [1.807, 2.05) is 31.2 Å². The Morgan fingerprint density at radius 2 is 2.29 bits per heavy atom. The van der Waals surface area contributed by atoms with Crippen molar-refractivity contribution in [1.82, 2.24) is 15.5 Å². The number of carbonyl (C=O) groups is 1. The first-order chi connectivity index (χ1) is 13.6. The lowest BCUT2D eigenvalue weighted by Gasteiger charge is -2.07. The summed E-state index contributed by atoms with van der Waals surface area (Å²) in [6, 6.07) is 7.49. The van der Waals surface area contributed by atoms with Crippen molar-refractivity contribution >= 4 is 28.4 Å². The van der Waals surface area contributed by atoms with E-state index < -0.39 is 0 Å². The number of nitrogens with one attached hydrogen (secondary N) is 2. The number of halogens is 1. The van der Waals surface area contributed by atoms with E-state index in [2.05, 4.69) is 15.5 Å². The fourth-order valence-electron chi connectivity index (χ4n) is 3.30. The van der Waals surface area contributed by atoms with Crippen molar-refractivity contribution in [2.45, 2.75) is 32.9 Å². The number of amides is 1. The van der Waals surface area contributed by atoms with Crippen molar-refractivity contribution in [3.8, 4) is 5.75 Å². The van der Waals surface area contributed by atoms with Crippen molar-refractivity contribution in [3.63, 3.8) is 0 Å². The lowest BCUT2D eigenvalue weighted by molar-refractivity contribution is -0.122. The lowest BCUT2D eigenvalue weighted by Crippen LogP contribution is -2.25. The van der Waals surface area contributed by atoms with E-state index in [0.717, 1.165) is 35.3 Å². The van der Waals surface area contributed by atoms with Crippen LogP contribution in [0, 0.1) is 12.8 Å². The van der Waals surface area contributed by atoms with E-state index in [4.69, 9.17) is 25.6 Å². The third-order valence-electron chi connectivity index (χ3n) is 4.75. The maximum absolute atomic E-state index is 12.1. The summed E-state index contributed by atoms with van der Waals surface area (Å²) in [5, 5.41) is 8.26. The molecule has 1 aliphatic heterocycles. The molecule has 2 aromatic heterocycles. The minimum absolute atomic E-state index is 0.0403. The van der Waals surface area contributed by atoms with Gasteiger partial charge in [0, 0.05) is 48.4 Å². The highest BCUT2D eigenvalue weighted by Gasteiger charge is 2.19. The van der Waals surface area contributed by atoms with Gasteiger partial charge in [0.15, 0.2) is 5.76 Å². The van der Waals surface area contributed by atoms with Gasteiger partial charge in [0.05, 0.1) is 17.3 Å². The fraction of sp³-hybridized carbons (Fsp3) is 0.400. The van der Waals surface area contributed by atoms with E-state index in [0.29, 0.717) is 42.0 Å². The largest absolute Gasteiger partial charge is 0.484 e. The fourth-order valence-corrected chi connectivity index (χ4v) is 3.53. The van der Waals surface area contributed by atoms with E-state index in [9.17, 15) is 4.79 Å². The molecule has 0 saturated carbocycles. The van der Waals surface area contributed by atoms with Gasteiger partial charge in [-0.15, -0.1) is 0 Å². The van der Waals surface area contributed by atoms with Crippen LogP contribution in [0.4, 0.5) is 0 Å². The normalized spacial score (nSPS) is 16.6. The van der Waals surface area contributed by atoms with Crippen molar-refractivity contribution in [1.29, 1.82) is 0 Å². The predicted molar refractivity (Wildman–Crippen MR) is 104 cm³/mol. The van der Waals surface area contributed by atoms with Crippen molar-refractivity contribution in [2.24, 2.45) is 5.92 Å². The summed E-state index contributed by atoms with van der Waals surface area (Å²) in [6.45, 7) is 3.97. The molecule has 148 valence electrons. The highest BCUT2D eigenvalue weighted by Crippen LogP contribution is 2.31. The van der Waals surface area contributed by atoms with Crippen LogP contribution in [0.2, 0.25) is 5.02 Å². The Bertz CT molecular complexity index is 975. The average molecular weight is 404 g/mol. The van der Waals surface area contributed by atoms with Gasteiger partial charge in [-0.2, -0.15) is 0 Å². The number of nitrogens with zero attached hydrogens (tertiary/aromatic N) is 1. The molecule has 1 atom stereocenters. The first kappa shape index (κ1) is 18.8. The molecule has 8 heteroatoms. The number of aromatic amines is 1. The number of rotatable bonds is 7. The molecule has 0 unspecified atom stereocenters. The molecule has 0 spiro atoms. The second-order valence-electron chi connectivity index (χ2n) is 7.10. The van der Waals surface area contributed by atoms with Crippen molar-refractivity contribution in [2.75, 3.05) is 13.2 Å². The van der Waals surface area contributed by atoms with Crippen LogP contribution in [0.1, 0.15) is 30.0 Å². The summed E-state index contributed by atoms with van der Waals surface area (Å²) in [5.74, 6) is 1.56. The zero-order valence-corrected chi connectivity index (χ0v) is 16.3. The number of carbonyl (C=O) groups excluding carboxylic acids is 1. The molecule has 2 N–H and O–H groups in total. The monoisotopic (exact) mass is 403 g/mol. The van der Waals surface area contributed by atoms with Gasteiger partial charge in [0.2, 0.25) is 5.91 Å². The van der Waals surface area contributed by atoms with Gasteiger partial charge < -0.3 is 24.3 Å². The Hall–Kier alpha value is -2.51. The Morgan fingerprint density at radius 1 is 1.39 bits per heavy atom. The second-order valence-corrected chi connectivity index (χ2v) is 7.51. The second kappa shape index (κ2) is 8.24. The molecule has 3 heterocycles. The van der Waals surface area contributed by atoms with Gasteiger partial charge in [-0.25, -0.2) is 0 Å². The third-order valence-corrected chi connectivity index (χ3v) is 5.05. The molecule has 1 saturated heterocycles. The topological polar surface area (TPSA) is 89.4 Å². The molecular weight excluding hydrogens is 382 g/mol. The molecule has 0 radical (unpaired) electrons. The Balaban J connectivity index is 1.38. The molecule has 3 aromatic rings. The van der Waals surface area contributed by atoms with Crippen LogP contribution in [0.15, 0.2) is 28.8 Å². The summed E-state index contributed by atoms with van der Waals surface area (Å²) >= 11 is 6.34. The van der Waals surface area contributed by atoms with Gasteiger partial charge in [-0.05, 0) is 31.4 Å². The van der Waals surface area contributed by atoms with Gasteiger partial charge in [-0.3, -0.25) is 4.79 Å². The molecule has 1 amide bonds. The van der Waals surface area contributed by atoms with E-state index in [1.165, 1.54) is 0 Å². The average Bonchev–Trinajstić information content (AvgIpc) is 3.39. The van der Waals surface area contributed by atoms with E-state index in [-0.39, 0.29) is 12.5 Å². The highest BCUT2D eigenvalue weighted by atomic mass is 35.5. The Morgan fingerprint density at radius 3 is 3.04 bits per heavy atom. The van der Waals surface area contributed by atoms with Crippen LogP contribution >= 0.6 is 11.6 Å². The number of benzene rings is 1. The van der Waals surface area contributed by atoms with Crippen LogP contribution in [0.5, 0.6) is 5.75 Å². The smallest absolute Gasteiger partial charge is 0.220 e. The lowest BCUT2D eigenvalue weighted by atomic mass is 10.1. The molecule has 4 rings (SSSR count). The minimum atomic E-state index is 0.0403. The summed E-state index contributed by atoms with van der Waals surface area (Å²) in [4.78, 5) is 15.4. The minimum Gasteiger partial charge on any atom is -0.484 e. The van der Waals surface area contributed by atoms with Crippen LogP contribution in [-0.2, 0) is 22.7 Å². The van der Waals surface area contributed by atoms with E-state index in [1.54, 1.807) is 0 Å². The van der Waals surface area contributed by atoms with Gasteiger partial charge in [-0.1, -0.05) is 16.8 Å². The summed E-state index contributed by atoms with van der Waals surface area (Å²) in [5.41, 5.74) is 2.60. The maximum Gasteiger partial charge on any atom is 0.220 e. The van der Waals surface area contributed by atoms with Crippen LogP contribution in [0.25, 0.3) is 10.9 Å². The van der Waals surface area contributed by atoms with Crippen molar-refractivity contribution < 1.29 is 18.8 Å². The van der Waals surface area contributed by atoms with E-state index >= 15 is 0 Å². The number of fused-ring (bicyclic) bond motifs is 1. The first-order valence-corrected chi connectivity index (χ1v) is 9.65. The van der Waals surface area contributed by atoms with Crippen LogP contribution < -0.4 is 10.1 Å². The molecule has 1 aromatic carbocycles. The molecule has 0 bridgehead atoms. The molecule has 7 nitrogen and oxygen atoms in total. The molecular formula is C20H22ClN3O4.